The van der Waals surface area contributed by atoms with Gasteiger partial charge in [-0.25, -0.2) is 0 Å². The molecule has 88 valence electrons. The third-order valence-electron chi connectivity index (χ3n) is 3.22. The first-order valence-corrected chi connectivity index (χ1v) is 6.35. The quantitative estimate of drug-likeness (QED) is 0.774. The molecule has 3 N–H and O–H groups in total. The summed E-state index contributed by atoms with van der Waals surface area (Å²) in [6, 6.07) is 6.57. The van der Waals surface area contributed by atoms with Crippen molar-refractivity contribution in [3.8, 4) is 0 Å². The van der Waals surface area contributed by atoms with E-state index in [1.807, 2.05) is 18.2 Å². The molecule has 1 aromatic carbocycles. The third-order valence-corrected chi connectivity index (χ3v) is 3.54. The summed E-state index contributed by atoms with van der Waals surface area (Å²) in [6.45, 7) is 3.14. The molecule has 1 fully saturated rings. The lowest BCUT2D eigenvalue weighted by atomic mass is 10.2. The van der Waals surface area contributed by atoms with Gasteiger partial charge in [0.15, 0.2) is 0 Å². The van der Waals surface area contributed by atoms with Crippen LogP contribution in [0.3, 0.4) is 0 Å². The summed E-state index contributed by atoms with van der Waals surface area (Å²) in [4.78, 5) is 0. The van der Waals surface area contributed by atoms with Crippen LogP contribution in [0.15, 0.2) is 18.2 Å². The molecule has 0 radical (unpaired) electrons. The Labute approximate surface area is 102 Å². The van der Waals surface area contributed by atoms with E-state index in [9.17, 15) is 0 Å². The molecule has 0 heterocycles. The highest BCUT2D eigenvalue weighted by atomic mass is 35.5. The molecule has 2 nitrogen and oxygen atoms in total. The Morgan fingerprint density at radius 2 is 2.31 bits per heavy atom. The lowest BCUT2D eigenvalue weighted by Gasteiger charge is -2.06. The topological polar surface area (TPSA) is 38.0 Å². The summed E-state index contributed by atoms with van der Waals surface area (Å²) in [5, 5.41) is 4.21. The predicted molar refractivity (Wildman–Crippen MR) is 69.5 cm³/mol. The van der Waals surface area contributed by atoms with Crippen molar-refractivity contribution in [2.24, 2.45) is 5.92 Å². The maximum Gasteiger partial charge on any atom is 0.0638 e. The van der Waals surface area contributed by atoms with Crippen LogP contribution in [0, 0.1) is 5.92 Å². The number of nitrogen functional groups attached to an aromatic ring is 1. The summed E-state index contributed by atoms with van der Waals surface area (Å²) in [7, 11) is 0. The zero-order chi connectivity index (χ0) is 11.5. The number of hydrogen-bond donors (Lipinski definition) is 2. The van der Waals surface area contributed by atoms with Gasteiger partial charge in [0.05, 0.1) is 10.7 Å². The molecule has 1 aromatic rings. The molecule has 2 rings (SSSR count). The Kier molecular flexibility index (Phi) is 3.72. The average Bonchev–Trinajstić information content (AvgIpc) is 2.99. The van der Waals surface area contributed by atoms with Gasteiger partial charge in [-0.05, 0) is 36.5 Å². The molecule has 0 amide bonds. The molecule has 0 saturated heterocycles. The summed E-state index contributed by atoms with van der Waals surface area (Å²) < 4.78 is 0. The molecular weight excluding hydrogens is 220 g/mol. The van der Waals surface area contributed by atoms with Crippen LogP contribution >= 0.6 is 11.6 Å². The number of hydrogen-bond acceptors (Lipinski definition) is 2. The van der Waals surface area contributed by atoms with Crippen LogP contribution in [0.4, 0.5) is 5.69 Å². The van der Waals surface area contributed by atoms with Crippen molar-refractivity contribution in [1.82, 2.24) is 5.32 Å². The summed E-state index contributed by atoms with van der Waals surface area (Å²) in [5.74, 6) is 0.897. The minimum atomic E-state index is 0.653. The number of nitrogens with two attached hydrogens (primary N) is 1. The smallest absolute Gasteiger partial charge is 0.0638 e. The minimum Gasteiger partial charge on any atom is -0.398 e. The maximum absolute atomic E-state index is 5.97. The molecule has 16 heavy (non-hydrogen) atoms. The van der Waals surface area contributed by atoms with Gasteiger partial charge < -0.3 is 11.1 Å². The fourth-order valence-electron chi connectivity index (χ4n) is 2.12. The molecular formula is C13H19ClN2. The molecule has 1 aliphatic carbocycles. The van der Waals surface area contributed by atoms with Crippen molar-refractivity contribution in [1.29, 1.82) is 0 Å². The van der Waals surface area contributed by atoms with Crippen LogP contribution in [0.1, 0.15) is 31.7 Å². The molecule has 2 atom stereocenters. The van der Waals surface area contributed by atoms with Gasteiger partial charge in [-0.2, -0.15) is 0 Å². The molecule has 2 unspecified atom stereocenters. The highest BCUT2D eigenvalue weighted by Crippen LogP contribution is 2.34. The third kappa shape index (κ3) is 2.89. The van der Waals surface area contributed by atoms with Gasteiger partial charge in [-0.1, -0.05) is 31.0 Å². The van der Waals surface area contributed by atoms with Crippen molar-refractivity contribution in [2.75, 3.05) is 5.73 Å². The van der Waals surface area contributed by atoms with Gasteiger partial charge in [-0.15, -0.1) is 0 Å². The second-order valence-corrected chi connectivity index (χ2v) is 5.03. The lowest BCUT2D eigenvalue weighted by Crippen LogP contribution is -2.17. The molecule has 0 aliphatic heterocycles. The Morgan fingerprint density at radius 1 is 1.50 bits per heavy atom. The summed E-state index contributed by atoms with van der Waals surface area (Å²) in [5.41, 5.74) is 7.53. The van der Waals surface area contributed by atoms with Crippen LogP contribution in [0.25, 0.3) is 0 Å². The van der Waals surface area contributed by atoms with Gasteiger partial charge in [0.25, 0.3) is 0 Å². The van der Waals surface area contributed by atoms with E-state index in [1.165, 1.54) is 24.8 Å². The lowest BCUT2D eigenvalue weighted by molar-refractivity contribution is 0.599. The highest BCUT2D eigenvalue weighted by Gasteiger charge is 2.35. The van der Waals surface area contributed by atoms with E-state index in [2.05, 4.69) is 12.2 Å². The van der Waals surface area contributed by atoms with Crippen molar-refractivity contribution in [3.05, 3.63) is 28.8 Å². The van der Waals surface area contributed by atoms with E-state index in [0.29, 0.717) is 10.7 Å². The molecule has 0 bridgehead atoms. The van der Waals surface area contributed by atoms with E-state index in [1.54, 1.807) is 0 Å². The van der Waals surface area contributed by atoms with Crippen molar-refractivity contribution < 1.29 is 0 Å². The maximum atomic E-state index is 5.97. The van der Waals surface area contributed by atoms with E-state index in [4.69, 9.17) is 17.3 Å². The van der Waals surface area contributed by atoms with Crippen molar-refractivity contribution >= 4 is 17.3 Å². The second kappa shape index (κ2) is 5.07. The van der Waals surface area contributed by atoms with Gasteiger partial charge >= 0.3 is 0 Å². The number of nitrogens with one attached hydrogen (secondary N) is 1. The monoisotopic (exact) mass is 238 g/mol. The normalized spacial score (nSPS) is 23.4. The highest BCUT2D eigenvalue weighted by molar-refractivity contribution is 6.33. The number of rotatable bonds is 5. The van der Waals surface area contributed by atoms with Crippen molar-refractivity contribution in [3.63, 3.8) is 0 Å². The SMILES string of the molecule is CCCC1CC1NCc1ccc(N)c(Cl)c1. The Morgan fingerprint density at radius 3 is 3.00 bits per heavy atom. The summed E-state index contributed by atoms with van der Waals surface area (Å²) >= 11 is 5.97. The van der Waals surface area contributed by atoms with Crippen LogP contribution < -0.4 is 11.1 Å². The zero-order valence-corrected chi connectivity index (χ0v) is 10.4. The first kappa shape index (κ1) is 11.7. The van der Waals surface area contributed by atoms with Gasteiger partial charge in [-0.3, -0.25) is 0 Å². The Hall–Kier alpha value is -0.730. The van der Waals surface area contributed by atoms with E-state index < -0.39 is 0 Å². The zero-order valence-electron chi connectivity index (χ0n) is 9.67. The van der Waals surface area contributed by atoms with Crippen molar-refractivity contribution in [2.45, 2.75) is 38.8 Å². The van der Waals surface area contributed by atoms with E-state index in [0.717, 1.165) is 18.5 Å². The predicted octanol–water partition coefficient (Wildman–Crippen LogP) is 3.20. The van der Waals surface area contributed by atoms with E-state index in [-0.39, 0.29) is 0 Å². The largest absolute Gasteiger partial charge is 0.398 e. The second-order valence-electron chi connectivity index (χ2n) is 4.63. The fourth-order valence-corrected chi connectivity index (χ4v) is 2.32. The minimum absolute atomic E-state index is 0.653. The van der Waals surface area contributed by atoms with Gasteiger partial charge in [0.1, 0.15) is 0 Å². The Balaban J connectivity index is 1.80. The van der Waals surface area contributed by atoms with Crippen LogP contribution in [-0.4, -0.2) is 6.04 Å². The number of halogens is 1. The number of benzene rings is 1. The Bertz CT molecular complexity index is 365. The average molecular weight is 239 g/mol. The van der Waals surface area contributed by atoms with Crippen LogP contribution in [0.5, 0.6) is 0 Å². The molecule has 0 aromatic heterocycles. The molecule has 3 heteroatoms. The molecule has 1 saturated carbocycles. The molecule has 0 spiro atoms. The first-order chi connectivity index (χ1) is 7.70. The number of anilines is 1. The van der Waals surface area contributed by atoms with Gasteiger partial charge in [0.2, 0.25) is 0 Å². The van der Waals surface area contributed by atoms with Crippen LogP contribution in [0.2, 0.25) is 5.02 Å². The van der Waals surface area contributed by atoms with Gasteiger partial charge in [0, 0.05) is 12.6 Å². The van der Waals surface area contributed by atoms with Crippen LogP contribution in [-0.2, 0) is 6.54 Å². The fraction of sp³-hybridized carbons (Fsp3) is 0.538. The van der Waals surface area contributed by atoms with E-state index >= 15 is 0 Å². The summed E-state index contributed by atoms with van der Waals surface area (Å²) in [6.07, 6.45) is 3.97. The molecule has 1 aliphatic rings. The standard InChI is InChI=1S/C13H19ClN2/c1-2-3-10-7-13(10)16-8-9-4-5-12(15)11(14)6-9/h4-6,10,13,16H,2-3,7-8,15H2,1H3. The first-order valence-electron chi connectivity index (χ1n) is 5.98.